The second-order valence-corrected chi connectivity index (χ2v) is 6.35. The van der Waals surface area contributed by atoms with Gasteiger partial charge in [0, 0.05) is 11.3 Å². The lowest BCUT2D eigenvalue weighted by molar-refractivity contribution is 0.462. The van der Waals surface area contributed by atoms with Crippen molar-refractivity contribution >= 4 is 11.8 Å². The van der Waals surface area contributed by atoms with Gasteiger partial charge in [0.2, 0.25) is 0 Å². The average Bonchev–Trinajstić information content (AvgIpc) is 2.82. The van der Waals surface area contributed by atoms with Crippen molar-refractivity contribution in [1.29, 1.82) is 0 Å². The van der Waals surface area contributed by atoms with Crippen LogP contribution in [0.3, 0.4) is 0 Å². The van der Waals surface area contributed by atoms with Gasteiger partial charge in [-0.1, -0.05) is 45.4 Å². The summed E-state index contributed by atoms with van der Waals surface area (Å²) in [6.45, 7) is 2.29. The molecule has 1 fully saturated rings. The molecule has 1 aliphatic rings. The van der Waals surface area contributed by atoms with Gasteiger partial charge in [-0.2, -0.15) is 11.8 Å². The Morgan fingerprint density at radius 1 is 1.19 bits per heavy atom. The lowest BCUT2D eigenvalue weighted by Gasteiger charge is -2.22. The van der Waals surface area contributed by atoms with Crippen LogP contribution in [-0.4, -0.2) is 24.1 Å². The van der Waals surface area contributed by atoms with Crippen LogP contribution in [0, 0.1) is 0 Å². The third-order valence-electron chi connectivity index (χ3n) is 3.65. The second kappa shape index (κ2) is 9.35. The van der Waals surface area contributed by atoms with Crippen LogP contribution in [0.25, 0.3) is 0 Å². The quantitative estimate of drug-likeness (QED) is 0.609. The summed E-state index contributed by atoms with van der Waals surface area (Å²) < 4.78 is 0. The van der Waals surface area contributed by atoms with Gasteiger partial charge in [-0.05, 0) is 32.1 Å². The first-order valence-electron chi connectivity index (χ1n) is 7.17. The zero-order valence-corrected chi connectivity index (χ0v) is 12.0. The third kappa shape index (κ3) is 5.58. The molecule has 16 heavy (non-hydrogen) atoms. The lowest BCUT2D eigenvalue weighted by Crippen LogP contribution is -2.34. The van der Waals surface area contributed by atoms with Crippen LogP contribution in [0.15, 0.2) is 0 Å². The zero-order chi connectivity index (χ0) is 11.6. The highest BCUT2D eigenvalue weighted by Gasteiger charge is 2.23. The summed E-state index contributed by atoms with van der Waals surface area (Å²) in [5, 5.41) is 4.43. The highest BCUT2D eigenvalue weighted by atomic mass is 32.2. The van der Waals surface area contributed by atoms with Crippen LogP contribution in [0.1, 0.15) is 64.7 Å². The Balaban J connectivity index is 2.00. The van der Waals surface area contributed by atoms with E-state index in [1.807, 2.05) is 0 Å². The van der Waals surface area contributed by atoms with E-state index in [4.69, 9.17) is 0 Å². The van der Waals surface area contributed by atoms with Crippen molar-refractivity contribution in [3.8, 4) is 0 Å². The van der Waals surface area contributed by atoms with Crippen molar-refractivity contribution in [2.24, 2.45) is 0 Å². The molecule has 2 atom stereocenters. The number of rotatable bonds is 9. The lowest BCUT2D eigenvalue weighted by atomic mass is 10.0. The first-order chi connectivity index (χ1) is 7.88. The van der Waals surface area contributed by atoms with Gasteiger partial charge in [0.05, 0.1) is 0 Å². The van der Waals surface area contributed by atoms with Gasteiger partial charge in [0.1, 0.15) is 0 Å². The van der Waals surface area contributed by atoms with E-state index >= 15 is 0 Å². The van der Waals surface area contributed by atoms with E-state index in [-0.39, 0.29) is 0 Å². The zero-order valence-electron chi connectivity index (χ0n) is 11.1. The standard InChI is InChI=1S/C14H29NS/c1-3-4-5-6-7-8-10-13(15-2)14-11-9-12-16-14/h13-15H,3-12H2,1-2H3. The molecular formula is C14H29NS. The molecule has 0 aromatic carbocycles. The number of hydrogen-bond acceptors (Lipinski definition) is 2. The fraction of sp³-hybridized carbons (Fsp3) is 1.00. The van der Waals surface area contributed by atoms with Crippen molar-refractivity contribution in [2.75, 3.05) is 12.8 Å². The SMILES string of the molecule is CCCCCCCCC(NC)C1CCCS1. The molecule has 0 aliphatic carbocycles. The summed E-state index contributed by atoms with van der Waals surface area (Å²) in [4.78, 5) is 0. The molecule has 1 nitrogen and oxygen atoms in total. The van der Waals surface area contributed by atoms with Crippen LogP contribution in [0.5, 0.6) is 0 Å². The molecule has 0 aromatic rings. The van der Waals surface area contributed by atoms with Crippen LogP contribution in [0.2, 0.25) is 0 Å². The molecule has 0 saturated carbocycles. The maximum Gasteiger partial charge on any atom is 0.0201 e. The predicted molar refractivity (Wildman–Crippen MR) is 76.3 cm³/mol. The molecule has 1 saturated heterocycles. The first-order valence-corrected chi connectivity index (χ1v) is 8.22. The largest absolute Gasteiger partial charge is 0.316 e. The van der Waals surface area contributed by atoms with Gasteiger partial charge >= 0.3 is 0 Å². The van der Waals surface area contributed by atoms with Crippen molar-refractivity contribution in [3.05, 3.63) is 0 Å². The maximum absolute atomic E-state index is 3.53. The van der Waals surface area contributed by atoms with Crippen molar-refractivity contribution < 1.29 is 0 Å². The van der Waals surface area contributed by atoms with E-state index in [1.54, 1.807) is 0 Å². The Hall–Kier alpha value is 0.310. The van der Waals surface area contributed by atoms with E-state index in [0.717, 1.165) is 11.3 Å². The van der Waals surface area contributed by atoms with Gasteiger partial charge in [0.15, 0.2) is 0 Å². The summed E-state index contributed by atoms with van der Waals surface area (Å²) in [5.41, 5.74) is 0. The molecule has 1 aliphatic heterocycles. The molecule has 1 heterocycles. The van der Waals surface area contributed by atoms with Crippen LogP contribution in [-0.2, 0) is 0 Å². The van der Waals surface area contributed by atoms with E-state index in [1.165, 1.54) is 63.5 Å². The Labute approximate surface area is 106 Å². The minimum Gasteiger partial charge on any atom is -0.316 e. The normalized spacial score (nSPS) is 22.5. The number of thioether (sulfide) groups is 1. The fourth-order valence-electron chi connectivity index (χ4n) is 2.58. The summed E-state index contributed by atoms with van der Waals surface area (Å²) in [6.07, 6.45) is 12.8. The van der Waals surface area contributed by atoms with Crippen LogP contribution < -0.4 is 5.32 Å². The molecule has 0 radical (unpaired) electrons. The van der Waals surface area contributed by atoms with Gasteiger partial charge in [-0.25, -0.2) is 0 Å². The molecule has 2 unspecified atom stereocenters. The molecule has 2 heteroatoms. The van der Waals surface area contributed by atoms with E-state index in [9.17, 15) is 0 Å². The highest BCUT2D eigenvalue weighted by molar-refractivity contribution is 8.00. The Bertz CT molecular complexity index is 155. The monoisotopic (exact) mass is 243 g/mol. The van der Waals surface area contributed by atoms with Crippen molar-refractivity contribution in [3.63, 3.8) is 0 Å². The smallest absolute Gasteiger partial charge is 0.0201 e. The first kappa shape index (κ1) is 14.4. The van der Waals surface area contributed by atoms with E-state index < -0.39 is 0 Å². The van der Waals surface area contributed by atoms with Gasteiger partial charge in [-0.15, -0.1) is 0 Å². The maximum atomic E-state index is 3.53. The Morgan fingerprint density at radius 3 is 2.56 bits per heavy atom. The van der Waals surface area contributed by atoms with E-state index in [2.05, 4.69) is 31.1 Å². The van der Waals surface area contributed by atoms with Crippen LogP contribution >= 0.6 is 11.8 Å². The highest BCUT2D eigenvalue weighted by Crippen LogP contribution is 2.30. The minimum absolute atomic E-state index is 0.777. The molecule has 1 N–H and O–H groups in total. The molecule has 0 spiro atoms. The fourth-order valence-corrected chi connectivity index (χ4v) is 4.05. The number of nitrogens with one attached hydrogen (secondary N) is 1. The molecule has 0 amide bonds. The van der Waals surface area contributed by atoms with Crippen molar-refractivity contribution in [1.82, 2.24) is 5.32 Å². The predicted octanol–water partition coefficient (Wildman–Crippen LogP) is 4.22. The summed E-state index contributed by atoms with van der Waals surface area (Å²) in [6, 6.07) is 0.777. The topological polar surface area (TPSA) is 12.0 Å². The number of unbranched alkanes of at least 4 members (excludes halogenated alkanes) is 5. The third-order valence-corrected chi connectivity index (χ3v) is 5.17. The molecule has 1 rings (SSSR count). The minimum atomic E-state index is 0.777. The van der Waals surface area contributed by atoms with Gasteiger partial charge in [-0.3, -0.25) is 0 Å². The number of hydrogen-bond donors (Lipinski definition) is 1. The summed E-state index contributed by atoms with van der Waals surface area (Å²) in [5.74, 6) is 1.39. The summed E-state index contributed by atoms with van der Waals surface area (Å²) >= 11 is 2.18. The Morgan fingerprint density at radius 2 is 1.94 bits per heavy atom. The Kier molecular flexibility index (Phi) is 8.40. The molecular weight excluding hydrogens is 214 g/mol. The van der Waals surface area contributed by atoms with Crippen LogP contribution in [0.4, 0.5) is 0 Å². The van der Waals surface area contributed by atoms with Crippen molar-refractivity contribution in [2.45, 2.75) is 76.0 Å². The van der Waals surface area contributed by atoms with E-state index in [0.29, 0.717) is 0 Å². The van der Waals surface area contributed by atoms with Gasteiger partial charge in [0.25, 0.3) is 0 Å². The molecule has 96 valence electrons. The summed E-state index contributed by atoms with van der Waals surface area (Å²) in [7, 11) is 2.14. The molecule has 0 aromatic heterocycles. The second-order valence-electron chi connectivity index (χ2n) is 5.00. The molecule has 0 bridgehead atoms. The van der Waals surface area contributed by atoms with Gasteiger partial charge < -0.3 is 5.32 Å². The average molecular weight is 243 g/mol.